The van der Waals surface area contributed by atoms with Crippen molar-refractivity contribution in [2.24, 2.45) is 0 Å². The topological polar surface area (TPSA) is 41.3 Å². The van der Waals surface area contributed by atoms with Crippen molar-refractivity contribution < 1.29 is 4.42 Å². The Hall–Kier alpha value is -2.38. The number of hydrogen-bond donors (Lipinski definition) is 1. The van der Waals surface area contributed by atoms with E-state index >= 15 is 0 Å². The normalized spacial score (nSPS) is 17.9. The average molecular weight is 559 g/mol. The minimum Gasteiger partial charge on any atom is -0.459 e. The summed E-state index contributed by atoms with van der Waals surface area (Å²) >= 11 is 21.7. The standard InChI is InChI=1S/C25H18BrCl2N3OS/c1-14-12-16(6-7-17(14)26)31-24(23(30-25(31)33)20-4-2-3-11-29-20)22-10-9-21(32-22)15-5-8-18(27)19(28)13-15/h2-13,23-24H,1H3,(H,30,33)/t23-,24-/m0/s1. The Morgan fingerprint density at radius 1 is 1.03 bits per heavy atom. The van der Waals surface area contributed by atoms with Crippen LogP contribution in [-0.2, 0) is 0 Å². The van der Waals surface area contributed by atoms with Crippen LogP contribution in [0.4, 0.5) is 5.69 Å². The number of benzene rings is 2. The zero-order valence-electron chi connectivity index (χ0n) is 17.4. The molecule has 8 heteroatoms. The highest BCUT2D eigenvalue weighted by Crippen LogP contribution is 2.43. The summed E-state index contributed by atoms with van der Waals surface area (Å²) in [6, 6.07) is 21.0. The zero-order valence-corrected chi connectivity index (χ0v) is 21.3. The van der Waals surface area contributed by atoms with Crippen LogP contribution in [0.15, 0.2) is 81.8 Å². The second-order valence-electron chi connectivity index (χ2n) is 7.76. The van der Waals surface area contributed by atoms with Gasteiger partial charge in [-0.2, -0.15) is 0 Å². The summed E-state index contributed by atoms with van der Waals surface area (Å²) in [6.07, 6.45) is 1.78. The Balaban J connectivity index is 1.61. The van der Waals surface area contributed by atoms with Crippen LogP contribution in [0, 0.1) is 6.92 Å². The second kappa shape index (κ2) is 9.11. The number of nitrogens with zero attached hydrogens (tertiary/aromatic N) is 2. The molecule has 2 aromatic heterocycles. The van der Waals surface area contributed by atoms with Crippen LogP contribution in [0.25, 0.3) is 11.3 Å². The van der Waals surface area contributed by atoms with Crippen molar-refractivity contribution in [3.05, 3.63) is 104 Å². The first-order chi connectivity index (χ1) is 15.9. The van der Waals surface area contributed by atoms with Crippen molar-refractivity contribution in [3.8, 4) is 11.3 Å². The maximum atomic E-state index is 6.37. The van der Waals surface area contributed by atoms with Gasteiger partial charge in [0.05, 0.1) is 21.8 Å². The molecule has 1 saturated heterocycles. The number of hydrogen-bond acceptors (Lipinski definition) is 3. The number of pyridine rings is 1. The summed E-state index contributed by atoms with van der Waals surface area (Å²) in [7, 11) is 0. The van der Waals surface area contributed by atoms with Gasteiger partial charge in [0.25, 0.3) is 0 Å². The van der Waals surface area contributed by atoms with Gasteiger partial charge in [-0.15, -0.1) is 0 Å². The number of thiocarbonyl (C=S) groups is 1. The van der Waals surface area contributed by atoms with Gasteiger partial charge < -0.3 is 14.6 Å². The van der Waals surface area contributed by atoms with E-state index in [0.29, 0.717) is 20.9 Å². The predicted octanol–water partition coefficient (Wildman–Crippen LogP) is 7.90. The number of furan rings is 1. The summed E-state index contributed by atoms with van der Waals surface area (Å²) in [6.45, 7) is 2.06. The van der Waals surface area contributed by atoms with E-state index in [4.69, 9.17) is 39.8 Å². The third-order valence-electron chi connectivity index (χ3n) is 5.64. The molecule has 166 valence electrons. The van der Waals surface area contributed by atoms with Gasteiger partial charge >= 0.3 is 0 Å². The lowest BCUT2D eigenvalue weighted by Crippen LogP contribution is -2.29. The summed E-state index contributed by atoms with van der Waals surface area (Å²) in [5.74, 6) is 1.47. The van der Waals surface area contributed by atoms with Gasteiger partial charge in [0, 0.05) is 21.9 Å². The molecular formula is C25H18BrCl2N3OS. The van der Waals surface area contributed by atoms with E-state index in [1.165, 1.54) is 0 Å². The van der Waals surface area contributed by atoms with Crippen LogP contribution in [0.1, 0.15) is 29.1 Å². The summed E-state index contributed by atoms with van der Waals surface area (Å²) in [4.78, 5) is 6.68. The molecule has 5 rings (SSSR count). The zero-order chi connectivity index (χ0) is 23.1. The lowest BCUT2D eigenvalue weighted by Gasteiger charge is -2.26. The van der Waals surface area contributed by atoms with Gasteiger partial charge in [-0.1, -0.05) is 45.2 Å². The lowest BCUT2D eigenvalue weighted by molar-refractivity contribution is 0.439. The van der Waals surface area contributed by atoms with E-state index in [0.717, 1.165) is 32.7 Å². The van der Waals surface area contributed by atoms with Gasteiger partial charge in [-0.3, -0.25) is 4.98 Å². The van der Waals surface area contributed by atoms with Crippen LogP contribution in [0.2, 0.25) is 10.0 Å². The monoisotopic (exact) mass is 557 g/mol. The molecule has 2 aromatic carbocycles. The number of aromatic nitrogens is 1. The Morgan fingerprint density at radius 3 is 2.61 bits per heavy atom. The molecule has 0 aliphatic carbocycles. The van der Waals surface area contributed by atoms with Crippen molar-refractivity contribution in [3.63, 3.8) is 0 Å². The molecule has 0 radical (unpaired) electrons. The molecule has 4 aromatic rings. The summed E-state index contributed by atoms with van der Waals surface area (Å²) in [5, 5.41) is 5.05. The van der Waals surface area contributed by atoms with Crippen molar-refractivity contribution in [2.75, 3.05) is 4.90 Å². The van der Waals surface area contributed by atoms with Gasteiger partial charge in [0.2, 0.25) is 0 Å². The van der Waals surface area contributed by atoms with Crippen LogP contribution >= 0.6 is 51.3 Å². The number of nitrogens with one attached hydrogen (secondary N) is 1. The molecule has 4 nitrogen and oxygen atoms in total. The number of anilines is 1. The third-order valence-corrected chi connectivity index (χ3v) is 7.58. The van der Waals surface area contributed by atoms with Crippen LogP contribution in [0.5, 0.6) is 0 Å². The lowest BCUT2D eigenvalue weighted by atomic mass is 10.0. The van der Waals surface area contributed by atoms with Crippen molar-refractivity contribution in [1.29, 1.82) is 0 Å². The van der Waals surface area contributed by atoms with Gasteiger partial charge in [0.1, 0.15) is 17.6 Å². The van der Waals surface area contributed by atoms with E-state index in [2.05, 4.69) is 44.1 Å². The van der Waals surface area contributed by atoms with Gasteiger partial charge in [-0.25, -0.2) is 0 Å². The largest absolute Gasteiger partial charge is 0.459 e. The first-order valence-corrected chi connectivity index (χ1v) is 12.2. The van der Waals surface area contributed by atoms with E-state index in [1.807, 2.05) is 48.5 Å². The van der Waals surface area contributed by atoms with E-state index < -0.39 is 0 Å². The fraction of sp³-hybridized carbons (Fsp3) is 0.120. The molecule has 1 aliphatic rings. The van der Waals surface area contributed by atoms with Crippen LogP contribution in [0.3, 0.4) is 0 Å². The molecule has 0 spiro atoms. The van der Waals surface area contributed by atoms with Crippen molar-refractivity contribution in [1.82, 2.24) is 10.3 Å². The fourth-order valence-electron chi connectivity index (χ4n) is 4.02. The minimum absolute atomic E-state index is 0.185. The first kappa shape index (κ1) is 22.4. The maximum absolute atomic E-state index is 6.37. The third kappa shape index (κ3) is 4.28. The number of rotatable bonds is 4. The second-order valence-corrected chi connectivity index (χ2v) is 9.82. The molecule has 33 heavy (non-hydrogen) atoms. The number of halogens is 3. The van der Waals surface area contributed by atoms with Crippen molar-refractivity contribution in [2.45, 2.75) is 19.0 Å². The minimum atomic E-state index is -0.232. The quantitative estimate of drug-likeness (QED) is 0.258. The molecule has 0 bridgehead atoms. The number of aryl methyl sites for hydroxylation is 1. The van der Waals surface area contributed by atoms with E-state index in [-0.39, 0.29) is 12.1 Å². The highest BCUT2D eigenvalue weighted by atomic mass is 79.9. The molecule has 0 unspecified atom stereocenters. The van der Waals surface area contributed by atoms with E-state index in [9.17, 15) is 0 Å². The van der Waals surface area contributed by atoms with Crippen LogP contribution in [-0.4, -0.2) is 10.1 Å². The molecule has 1 N–H and O–H groups in total. The predicted molar refractivity (Wildman–Crippen MR) is 141 cm³/mol. The molecule has 0 amide bonds. The van der Waals surface area contributed by atoms with Crippen molar-refractivity contribution >= 4 is 62.1 Å². The molecule has 1 aliphatic heterocycles. The maximum Gasteiger partial charge on any atom is 0.174 e. The Morgan fingerprint density at radius 2 is 1.88 bits per heavy atom. The fourth-order valence-corrected chi connectivity index (χ4v) is 4.91. The average Bonchev–Trinajstić information content (AvgIpc) is 3.43. The molecule has 3 heterocycles. The highest BCUT2D eigenvalue weighted by molar-refractivity contribution is 9.10. The Kier molecular flexibility index (Phi) is 6.18. The molecule has 2 atom stereocenters. The van der Waals surface area contributed by atoms with Gasteiger partial charge in [0.15, 0.2) is 5.11 Å². The Bertz CT molecular complexity index is 1340. The molecular weight excluding hydrogens is 541 g/mol. The molecule has 1 fully saturated rings. The summed E-state index contributed by atoms with van der Waals surface area (Å²) in [5.41, 5.74) is 3.83. The SMILES string of the molecule is Cc1cc(N2C(=S)N[C@@H](c3ccccn3)[C@@H]2c2ccc(-c3ccc(Cl)c(Cl)c3)o2)ccc1Br. The smallest absolute Gasteiger partial charge is 0.174 e. The van der Waals surface area contributed by atoms with E-state index in [1.54, 1.807) is 18.3 Å². The summed E-state index contributed by atoms with van der Waals surface area (Å²) < 4.78 is 7.42. The Labute approximate surface area is 215 Å². The first-order valence-electron chi connectivity index (χ1n) is 10.2. The highest BCUT2D eigenvalue weighted by Gasteiger charge is 2.42. The molecule has 0 saturated carbocycles. The van der Waals surface area contributed by atoms with Gasteiger partial charge in [-0.05, 0) is 85.4 Å². The van der Waals surface area contributed by atoms with Crippen LogP contribution < -0.4 is 10.2 Å².